The lowest BCUT2D eigenvalue weighted by Gasteiger charge is -2.18. The molecule has 0 aliphatic carbocycles. The van der Waals surface area contributed by atoms with E-state index in [0.717, 1.165) is 18.4 Å². The van der Waals surface area contributed by atoms with Crippen LogP contribution in [0.1, 0.15) is 25.3 Å². The van der Waals surface area contributed by atoms with Crippen molar-refractivity contribution in [2.75, 3.05) is 19.6 Å². The van der Waals surface area contributed by atoms with E-state index in [-0.39, 0.29) is 19.0 Å². The molecule has 0 saturated carbocycles. The second kappa shape index (κ2) is 11.2. The molecule has 0 aliphatic heterocycles. The zero-order valence-corrected chi connectivity index (χ0v) is 14.0. The third kappa shape index (κ3) is 7.73. The number of amides is 3. The van der Waals surface area contributed by atoms with Crippen molar-refractivity contribution in [3.05, 3.63) is 35.9 Å². The van der Waals surface area contributed by atoms with Gasteiger partial charge in [-0.1, -0.05) is 43.7 Å². The maximum absolute atomic E-state index is 12.3. The number of benzene rings is 1. The molecule has 5 N–H and O–H groups in total. The van der Waals surface area contributed by atoms with Gasteiger partial charge in [-0.15, -0.1) is 0 Å². The molecule has 0 aliphatic rings. The molecule has 0 radical (unpaired) electrons. The predicted molar refractivity (Wildman–Crippen MR) is 92.1 cm³/mol. The third-order valence-electron chi connectivity index (χ3n) is 3.40. The Balaban J connectivity index is 2.56. The van der Waals surface area contributed by atoms with Crippen LogP contribution < -0.4 is 21.7 Å². The van der Waals surface area contributed by atoms with Crippen LogP contribution in [0.5, 0.6) is 0 Å². The van der Waals surface area contributed by atoms with Gasteiger partial charge in [0.25, 0.3) is 0 Å². The lowest BCUT2D eigenvalue weighted by molar-refractivity contribution is -0.129. The predicted octanol–water partition coefficient (Wildman–Crippen LogP) is -0.295. The molecule has 1 aromatic rings. The summed E-state index contributed by atoms with van der Waals surface area (Å²) in [6.07, 6.45) is 2.20. The van der Waals surface area contributed by atoms with Crippen LogP contribution in [0.15, 0.2) is 30.3 Å². The maximum Gasteiger partial charge on any atom is 0.243 e. The van der Waals surface area contributed by atoms with Gasteiger partial charge in [-0.2, -0.15) is 0 Å². The van der Waals surface area contributed by atoms with Crippen molar-refractivity contribution in [2.45, 2.75) is 32.2 Å². The van der Waals surface area contributed by atoms with E-state index >= 15 is 0 Å². The van der Waals surface area contributed by atoms with Crippen molar-refractivity contribution in [1.29, 1.82) is 0 Å². The minimum absolute atomic E-state index is 0.119. The fourth-order valence-electron chi connectivity index (χ4n) is 2.07. The number of nitrogens with two attached hydrogens (primary N) is 1. The first-order chi connectivity index (χ1) is 11.6. The molecule has 0 fully saturated rings. The van der Waals surface area contributed by atoms with Crippen molar-refractivity contribution >= 4 is 17.7 Å². The van der Waals surface area contributed by atoms with Crippen LogP contribution in [0.2, 0.25) is 0 Å². The number of hydrogen-bond donors (Lipinski definition) is 4. The van der Waals surface area contributed by atoms with Crippen molar-refractivity contribution in [1.82, 2.24) is 16.0 Å². The van der Waals surface area contributed by atoms with E-state index in [1.807, 2.05) is 37.3 Å². The second-order valence-corrected chi connectivity index (χ2v) is 5.44. The molecule has 1 aromatic carbocycles. The molecule has 24 heavy (non-hydrogen) atoms. The molecule has 0 saturated heterocycles. The van der Waals surface area contributed by atoms with Gasteiger partial charge >= 0.3 is 0 Å². The average Bonchev–Trinajstić information content (AvgIpc) is 2.60. The Labute approximate surface area is 142 Å². The van der Waals surface area contributed by atoms with E-state index in [9.17, 15) is 14.4 Å². The Kier molecular flexibility index (Phi) is 9.14. The summed E-state index contributed by atoms with van der Waals surface area (Å²) in [7, 11) is 0. The molecule has 0 spiro atoms. The van der Waals surface area contributed by atoms with Crippen molar-refractivity contribution in [3.63, 3.8) is 0 Å². The van der Waals surface area contributed by atoms with Gasteiger partial charge in [-0.25, -0.2) is 0 Å². The molecule has 7 heteroatoms. The summed E-state index contributed by atoms with van der Waals surface area (Å²) in [4.78, 5) is 35.5. The van der Waals surface area contributed by atoms with Gasteiger partial charge in [0, 0.05) is 13.0 Å². The smallest absolute Gasteiger partial charge is 0.243 e. The van der Waals surface area contributed by atoms with Crippen molar-refractivity contribution < 1.29 is 14.4 Å². The van der Waals surface area contributed by atoms with E-state index < -0.39 is 17.9 Å². The number of nitrogens with one attached hydrogen (secondary N) is 3. The maximum atomic E-state index is 12.3. The SMILES string of the molecule is CCCCNC(=O)CNC(=O)C(Cc1ccccc1)NC(=O)CN. The third-order valence-corrected chi connectivity index (χ3v) is 3.40. The highest BCUT2D eigenvalue weighted by atomic mass is 16.2. The molecule has 3 amide bonds. The van der Waals surface area contributed by atoms with Crippen LogP contribution in [0, 0.1) is 0 Å². The highest BCUT2D eigenvalue weighted by Crippen LogP contribution is 2.03. The summed E-state index contributed by atoms with van der Waals surface area (Å²) in [6, 6.07) is 8.55. The van der Waals surface area contributed by atoms with Gasteiger partial charge in [-0.05, 0) is 12.0 Å². The summed E-state index contributed by atoms with van der Waals surface area (Å²) >= 11 is 0. The molecule has 1 rings (SSSR count). The molecule has 7 nitrogen and oxygen atoms in total. The molecule has 0 bridgehead atoms. The Morgan fingerprint density at radius 2 is 1.79 bits per heavy atom. The van der Waals surface area contributed by atoms with Crippen LogP contribution >= 0.6 is 0 Å². The van der Waals surface area contributed by atoms with Crippen LogP contribution in [0.3, 0.4) is 0 Å². The average molecular weight is 334 g/mol. The van der Waals surface area contributed by atoms with Gasteiger partial charge in [0.15, 0.2) is 0 Å². The van der Waals surface area contributed by atoms with E-state index in [1.165, 1.54) is 0 Å². The van der Waals surface area contributed by atoms with Gasteiger partial charge in [0.2, 0.25) is 17.7 Å². The largest absolute Gasteiger partial charge is 0.355 e. The number of carbonyl (C=O) groups is 3. The normalized spacial score (nSPS) is 11.4. The number of hydrogen-bond acceptors (Lipinski definition) is 4. The van der Waals surface area contributed by atoms with Crippen molar-refractivity contribution in [2.24, 2.45) is 5.73 Å². The lowest BCUT2D eigenvalue weighted by Crippen LogP contribution is -2.51. The minimum Gasteiger partial charge on any atom is -0.355 e. The molecule has 1 unspecified atom stereocenters. The summed E-state index contributed by atoms with van der Waals surface area (Å²) in [5.41, 5.74) is 6.20. The van der Waals surface area contributed by atoms with E-state index in [1.54, 1.807) is 0 Å². The summed E-state index contributed by atoms with van der Waals surface area (Å²) in [5, 5.41) is 7.85. The first-order valence-corrected chi connectivity index (χ1v) is 8.14. The number of carbonyl (C=O) groups excluding carboxylic acids is 3. The number of rotatable bonds is 10. The fourth-order valence-corrected chi connectivity index (χ4v) is 2.07. The van der Waals surface area contributed by atoms with Crippen molar-refractivity contribution in [3.8, 4) is 0 Å². The monoisotopic (exact) mass is 334 g/mol. The summed E-state index contributed by atoms with van der Waals surface area (Å²) in [6.45, 7) is 2.30. The Morgan fingerprint density at radius 1 is 1.08 bits per heavy atom. The fraction of sp³-hybridized carbons (Fsp3) is 0.471. The first-order valence-electron chi connectivity index (χ1n) is 8.14. The molecule has 0 heterocycles. The minimum atomic E-state index is -0.771. The van der Waals surface area contributed by atoms with Gasteiger partial charge in [-0.3, -0.25) is 14.4 Å². The van der Waals surface area contributed by atoms with Crippen LogP contribution in [0.4, 0.5) is 0 Å². The van der Waals surface area contributed by atoms with E-state index in [2.05, 4.69) is 16.0 Å². The zero-order chi connectivity index (χ0) is 17.8. The molecular weight excluding hydrogens is 308 g/mol. The Morgan fingerprint density at radius 3 is 2.42 bits per heavy atom. The highest BCUT2D eigenvalue weighted by molar-refractivity contribution is 5.91. The standard InChI is InChI=1S/C17H26N4O3/c1-2-3-9-19-16(23)12-20-17(24)14(21-15(22)11-18)10-13-7-5-4-6-8-13/h4-8,14H,2-3,9-12,18H2,1H3,(H,19,23)(H,20,24)(H,21,22). The van der Waals surface area contributed by atoms with Crippen LogP contribution in [-0.2, 0) is 20.8 Å². The molecular formula is C17H26N4O3. The summed E-state index contributed by atoms with van der Waals surface area (Å²) in [5.74, 6) is -1.08. The molecule has 132 valence electrons. The zero-order valence-electron chi connectivity index (χ0n) is 14.0. The Bertz CT molecular complexity index is 534. The van der Waals surface area contributed by atoms with Gasteiger partial charge < -0.3 is 21.7 Å². The molecule has 1 atom stereocenters. The van der Waals surface area contributed by atoms with E-state index in [4.69, 9.17) is 5.73 Å². The van der Waals surface area contributed by atoms with Crippen LogP contribution in [0.25, 0.3) is 0 Å². The topological polar surface area (TPSA) is 113 Å². The van der Waals surface area contributed by atoms with Crippen LogP contribution in [-0.4, -0.2) is 43.4 Å². The Hall–Kier alpha value is -2.41. The highest BCUT2D eigenvalue weighted by Gasteiger charge is 2.21. The first kappa shape index (κ1) is 19.6. The quantitative estimate of drug-likeness (QED) is 0.440. The van der Waals surface area contributed by atoms with E-state index in [0.29, 0.717) is 13.0 Å². The van der Waals surface area contributed by atoms with Gasteiger partial charge in [0.1, 0.15) is 6.04 Å². The summed E-state index contributed by atoms with van der Waals surface area (Å²) < 4.78 is 0. The van der Waals surface area contributed by atoms with Gasteiger partial charge in [0.05, 0.1) is 13.1 Å². The second-order valence-electron chi connectivity index (χ2n) is 5.44. The molecule has 0 aromatic heterocycles. The lowest BCUT2D eigenvalue weighted by atomic mass is 10.1. The number of unbranched alkanes of at least 4 members (excludes halogenated alkanes) is 1.